The van der Waals surface area contributed by atoms with Crippen molar-refractivity contribution in [3.63, 3.8) is 0 Å². The molecule has 0 aliphatic carbocycles. The van der Waals surface area contributed by atoms with E-state index in [0.29, 0.717) is 12.6 Å². The van der Waals surface area contributed by atoms with Crippen molar-refractivity contribution >= 4 is 10.8 Å². The molecule has 3 aliphatic heterocycles. The average molecular weight is 350 g/mol. The number of ether oxygens (including phenoxy) is 4. The summed E-state index contributed by atoms with van der Waals surface area (Å²) in [6.07, 6.45) is 0. The molecule has 3 heterocycles. The van der Waals surface area contributed by atoms with Crippen molar-refractivity contribution in [3.05, 3.63) is 34.6 Å². The van der Waals surface area contributed by atoms with E-state index in [2.05, 4.69) is 0 Å². The summed E-state index contributed by atoms with van der Waals surface area (Å²) < 4.78 is 36.3. The maximum Gasteiger partial charge on any atom is 0.294 e. The number of rotatable bonds is 1. The second-order valence-corrected chi connectivity index (χ2v) is 9.39. The van der Waals surface area contributed by atoms with Crippen LogP contribution in [0.15, 0.2) is 29.0 Å². The number of methoxy groups -OCH3 is 1. The zero-order valence-electron chi connectivity index (χ0n) is 14.5. The lowest BCUT2D eigenvalue weighted by molar-refractivity contribution is -0.125. The van der Waals surface area contributed by atoms with Crippen LogP contribution >= 0.6 is 0 Å². The SMILES string of the molecule is COc1ccc2c(c1)OC[C@H]1[C@@H]2C2=C(OC1(C)C)OC(C)(C)[S@]2=O. The Morgan fingerprint density at radius 2 is 1.96 bits per heavy atom. The van der Waals surface area contributed by atoms with Gasteiger partial charge in [-0.15, -0.1) is 0 Å². The molecule has 0 spiro atoms. The maximum absolute atomic E-state index is 13.0. The van der Waals surface area contributed by atoms with Crippen LogP contribution in [0, 0.1) is 5.92 Å². The van der Waals surface area contributed by atoms with Crippen molar-refractivity contribution in [1.82, 2.24) is 0 Å². The Kier molecular flexibility index (Phi) is 3.24. The summed E-state index contributed by atoms with van der Waals surface area (Å²) in [5.41, 5.74) is 0.553. The van der Waals surface area contributed by atoms with E-state index in [4.69, 9.17) is 18.9 Å². The molecule has 0 aromatic heterocycles. The minimum Gasteiger partial charge on any atom is -0.497 e. The van der Waals surface area contributed by atoms with Gasteiger partial charge in [0.1, 0.15) is 32.8 Å². The molecule has 1 aromatic rings. The van der Waals surface area contributed by atoms with Gasteiger partial charge >= 0.3 is 0 Å². The first-order valence-corrected chi connectivity index (χ1v) is 9.24. The minimum atomic E-state index is -1.27. The Bertz CT molecular complexity index is 765. The molecule has 3 atom stereocenters. The van der Waals surface area contributed by atoms with Gasteiger partial charge < -0.3 is 18.9 Å². The average Bonchev–Trinajstić information content (AvgIpc) is 2.74. The van der Waals surface area contributed by atoms with Crippen LogP contribution in [0.2, 0.25) is 0 Å². The van der Waals surface area contributed by atoms with Crippen LogP contribution in [-0.2, 0) is 20.3 Å². The predicted molar refractivity (Wildman–Crippen MR) is 90.2 cm³/mol. The molecule has 4 rings (SSSR count). The fourth-order valence-electron chi connectivity index (χ4n) is 3.72. The summed E-state index contributed by atoms with van der Waals surface area (Å²) in [7, 11) is 0.363. The van der Waals surface area contributed by atoms with Crippen LogP contribution in [0.5, 0.6) is 11.5 Å². The highest BCUT2D eigenvalue weighted by atomic mass is 32.2. The zero-order valence-corrected chi connectivity index (χ0v) is 15.4. The number of fused-ring (bicyclic) bond motifs is 4. The molecule has 6 heteroatoms. The highest BCUT2D eigenvalue weighted by molar-refractivity contribution is 7.90. The molecule has 3 aliphatic rings. The molecule has 0 unspecified atom stereocenters. The van der Waals surface area contributed by atoms with Gasteiger partial charge in [-0.2, -0.15) is 0 Å². The van der Waals surface area contributed by atoms with Crippen molar-refractivity contribution in [2.24, 2.45) is 5.92 Å². The van der Waals surface area contributed by atoms with Gasteiger partial charge in [0.2, 0.25) is 0 Å². The second-order valence-electron chi connectivity index (χ2n) is 7.43. The number of benzene rings is 1. The first kappa shape index (κ1) is 15.8. The summed E-state index contributed by atoms with van der Waals surface area (Å²) in [6, 6.07) is 5.80. The van der Waals surface area contributed by atoms with Crippen LogP contribution < -0.4 is 9.47 Å². The zero-order chi connectivity index (χ0) is 17.3. The molecule has 0 bridgehead atoms. The molecule has 0 N–H and O–H groups in total. The van der Waals surface area contributed by atoms with E-state index >= 15 is 0 Å². The van der Waals surface area contributed by atoms with Crippen molar-refractivity contribution in [1.29, 1.82) is 0 Å². The van der Waals surface area contributed by atoms with Crippen molar-refractivity contribution in [2.45, 2.75) is 44.1 Å². The number of hydrogen-bond donors (Lipinski definition) is 0. The van der Waals surface area contributed by atoms with E-state index < -0.39 is 21.3 Å². The summed E-state index contributed by atoms with van der Waals surface area (Å²) in [5, 5.41) is 0. The standard InChI is InChI=1S/C18H22O5S/c1-17(2)12-9-21-13-8-10(20-5)6-7-11(13)14(12)15-16(22-17)23-18(3,4)24(15)19/h6-8,12,14H,9H2,1-5H3/t12-,14+,24-/m0/s1. The molecule has 0 radical (unpaired) electrons. The van der Waals surface area contributed by atoms with Crippen LogP contribution in [0.3, 0.4) is 0 Å². The first-order chi connectivity index (χ1) is 11.2. The first-order valence-electron chi connectivity index (χ1n) is 8.09. The van der Waals surface area contributed by atoms with Gasteiger partial charge in [0.25, 0.3) is 5.95 Å². The van der Waals surface area contributed by atoms with E-state index in [1.165, 1.54) is 0 Å². The molecule has 0 saturated carbocycles. The molecule has 5 nitrogen and oxygen atoms in total. The van der Waals surface area contributed by atoms with E-state index in [-0.39, 0.29) is 11.8 Å². The highest BCUT2D eigenvalue weighted by Gasteiger charge is 2.57. The smallest absolute Gasteiger partial charge is 0.294 e. The van der Waals surface area contributed by atoms with Gasteiger partial charge in [0, 0.05) is 23.5 Å². The molecule has 0 amide bonds. The maximum atomic E-state index is 13.0. The molecule has 1 aromatic carbocycles. The number of allylic oxidation sites excluding steroid dienone is 1. The lowest BCUT2D eigenvalue weighted by atomic mass is 9.74. The minimum absolute atomic E-state index is 0.0407. The summed E-state index contributed by atoms with van der Waals surface area (Å²) in [4.78, 5) is -0.0281. The van der Waals surface area contributed by atoms with Gasteiger partial charge in [-0.1, -0.05) is 6.07 Å². The Labute approximate surface area is 144 Å². The largest absolute Gasteiger partial charge is 0.497 e. The predicted octanol–water partition coefficient (Wildman–Crippen LogP) is 3.28. The van der Waals surface area contributed by atoms with E-state index in [1.807, 2.05) is 45.9 Å². The molecule has 24 heavy (non-hydrogen) atoms. The molecular weight excluding hydrogens is 328 g/mol. The normalized spacial score (nSPS) is 31.8. The third-order valence-electron chi connectivity index (χ3n) is 5.09. The highest BCUT2D eigenvalue weighted by Crippen LogP contribution is 2.56. The third-order valence-corrected chi connectivity index (χ3v) is 6.89. The van der Waals surface area contributed by atoms with Gasteiger partial charge in [-0.05, 0) is 33.8 Å². The van der Waals surface area contributed by atoms with Crippen LogP contribution in [-0.4, -0.2) is 28.5 Å². The van der Waals surface area contributed by atoms with E-state index in [9.17, 15) is 4.21 Å². The monoisotopic (exact) mass is 350 g/mol. The Morgan fingerprint density at radius 3 is 2.67 bits per heavy atom. The topological polar surface area (TPSA) is 54.0 Å². The Balaban J connectivity index is 1.89. The van der Waals surface area contributed by atoms with Gasteiger partial charge in [-0.3, -0.25) is 4.21 Å². The fourth-order valence-corrected chi connectivity index (χ4v) is 5.16. The molecule has 130 valence electrons. The van der Waals surface area contributed by atoms with E-state index in [0.717, 1.165) is 22.0 Å². The molecular formula is C18H22O5S. The second kappa shape index (κ2) is 4.91. The summed E-state index contributed by atoms with van der Waals surface area (Å²) in [6.45, 7) is 8.24. The fraction of sp³-hybridized carbons (Fsp3) is 0.556. The quantitative estimate of drug-likeness (QED) is 0.778. The summed E-state index contributed by atoms with van der Waals surface area (Å²) >= 11 is 0. The van der Waals surface area contributed by atoms with Crippen LogP contribution in [0.4, 0.5) is 0 Å². The van der Waals surface area contributed by atoms with Crippen molar-refractivity contribution < 1.29 is 23.2 Å². The van der Waals surface area contributed by atoms with E-state index in [1.54, 1.807) is 7.11 Å². The van der Waals surface area contributed by atoms with Crippen molar-refractivity contribution in [3.8, 4) is 11.5 Å². The lowest BCUT2D eigenvalue weighted by Crippen LogP contribution is -2.47. The van der Waals surface area contributed by atoms with Crippen molar-refractivity contribution in [2.75, 3.05) is 13.7 Å². The Morgan fingerprint density at radius 1 is 1.21 bits per heavy atom. The van der Waals surface area contributed by atoms with Gasteiger partial charge in [0.05, 0.1) is 13.7 Å². The molecule has 0 fully saturated rings. The molecule has 0 saturated heterocycles. The van der Waals surface area contributed by atoms with Gasteiger partial charge in [-0.25, -0.2) is 0 Å². The van der Waals surface area contributed by atoms with Crippen LogP contribution in [0.1, 0.15) is 39.2 Å². The van der Waals surface area contributed by atoms with Crippen LogP contribution in [0.25, 0.3) is 0 Å². The summed E-state index contributed by atoms with van der Waals surface area (Å²) in [5.74, 6) is 1.98. The lowest BCUT2D eigenvalue weighted by Gasteiger charge is -2.45. The van der Waals surface area contributed by atoms with Gasteiger partial charge in [0.15, 0.2) is 4.93 Å². The number of hydrogen-bond acceptors (Lipinski definition) is 5. The Hall–Kier alpha value is -1.69. The third kappa shape index (κ3) is 2.08.